The first-order chi connectivity index (χ1) is 12.5. The van der Waals surface area contributed by atoms with Crippen LogP contribution in [0.4, 0.5) is 10.1 Å². The molecule has 1 N–H and O–H groups in total. The lowest BCUT2D eigenvalue weighted by Gasteiger charge is -2.29. The number of nitrogens with one attached hydrogen (secondary N) is 1. The zero-order chi connectivity index (χ0) is 18.3. The van der Waals surface area contributed by atoms with E-state index in [0.717, 1.165) is 48.0 Å². The topological polar surface area (TPSA) is 67.2 Å². The molecule has 9 heteroatoms. The Hall–Kier alpha value is -2.16. The van der Waals surface area contributed by atoms with E-state index < -0.39 is 15.8 Å². The Morgan fingerprint density at radius 2 is 1.92 bits per heavy atom. The summed E-state index contributed by atoms with van der Waals surface area (Å²) >= 11 is 6.01. The van der Waals surface area contributed by atoms with Crippen molar-refractivity contribution in [2.75, 3.05) is 31.1 Å². The van der Waals surface area contributed by atoms with Crippen LogP contribution in [0.25, 0.3) is 11.0 Å². The van der Waals surface area contributed by atoms with Crippen LogP contribution in [0.3, 0.4) is 0 Å². The van der Waals surface area contributed by atoms with Crippen LogP contribution >= 0.6 is 11.6 Å². The fourth-order valence-corrected chi connectivity index (χ4v) is 4.91. The minimum absolute atomic E-state index is 0.0356. The minimum atomic E-state index is -4.07. The number of benzene rings is 2. The van der Waals surface area contributed by atoms with Gasteiger partial charge in [0.1, 0.15) is 22.6 Å². The molecule has 0 spiro atoms. The number of hydrogen-bond donors (Lipinski definition) is 1. The van der Waals surface area contributed by atoms with Crippen LogP contribution in [0.15, 0.2) is 47.6 Å². The van der Waals surface area contributed by atoms with E-state index in [2.05, 4.69) is 15.2 Å². The van der Waals surface area contributed by atoms with Crippen molar-refractivity contribution in [1.29, 1.82) is 0 Å². The Balaban J connectivity index is 1.86. The maximum Gasteiger partial charge on any atom is 0.271 e. The highest BCUT2D eigenvalue weighted by Crippen LogP contribution is 2.30. The average molecular weight is 395 g/mol. The summed E-state index contributed by atoms with van der Waals surface area (Å²) in [5.74, 6) is -0.668. The number of anilines is 1. The van der Waals surface area contributed by atoms with E-state index in [1.807, 2.05) is 6.07 Å². The van der Waals surface area contributed by atoms with Crippen LogP contribution in [-0.2, 0) is 10.0 Å². The molecule has 0 radical (unpaired) electrons. The van der Waals surface area contributed by atoms with Crippen molar-refractivity contribution in [2.45, 2.75) is 4.90 Å². The molecular weight excluding hydrogens is 379 g/mol. The summed E-state index contributed by atoms with van der Waals surface area (Å²) in [6, 6.07) is 8.67. The number of hydrogen-bond acceptors (Lipinski definition) is 5. The molecule has 0 atom stereocenters. The second-order valence-corrected chi connectivity index (χ2v) is 8.19. The first-order valence-electron chi connectivity index (χ1n) is 8.11. The summed E-state index contributed by atoms with van der Waals surface area (Å²) in [6.07, 6.45) is 1.24. The fraction of sp³-hybridized carbons (Fsp3) is 0.235. The van der Waals surface area contributed by atoms with Gasteiger partial charge in [-0.3, -0.25) is 0 Å². The van der Waals surface area contributed by atoms with Gasteiger partial charge < -0.3 is 10.2 Å². The molecule has 1 aliphatic rings. The fourth-order valence-electron chi connectivity index (χ4n) is 3.14. The number of rotatable bonds is 3. The quantitative estimate of drug-likeness (QED) is 0.739. The van der Waals surface area contributed by atoms with Crippen molar-refractivity contribution in [1.82, 2.24) is 14.3 Å². The summed E-state index contributed by atoms with van der Waals surface area (Å²) < 4.78 is 40.7. The van der Waals surface area contributed by atoms with E-state index in [9.17, 15) is 12.8 Å². The Morgan fingerprint density at radius 3 is 2.69 bits per heavy atom. The predicted molar refractivity (Wildman–Crippen MR) is 98.8 cm³/mol. The molecule has 3 aromatic rings. The van der Waals surface area contributed by atoms with Gasteiger partial charge in [-0.1, -0.05) is 17.7 Å². The number of para-hydroxylation sites is 1. The highest BCUT2D eigenvalue weighted by molar-refractivity contribution is 7.90. The SMILES string of the molecule is O=S(=O)(c1cc(F)ccc1Cl)n1cnc2c(N3CCNCC3)cccc21. The highest BCUT2D eigenvalue weighted by atomic mass is 35.5. The van der Waals surface area contributed by atoms with Gasteiger partial charge in [-0.25, -0.2) is 21.8 Å². The molecular formula is C17H16ClFN4O2S. The highest BCUT2D eigenvalue weighted by Gasteiger charge is 2.25. The van der Waals surface area contributed by atoms with E-state index in [-0.39, 0.29) is 9.92 Å². The third-order valence-electron chi connectivity index (χ3n) is 4.41. The van der Waals surface area contributed by atoms with Gasteiger partial charge in [0.2, 0.25) is 0 Å². The molecule has 6 nitrogen and oxygen atoms in total. The number of halogens is 2. The van der Waals surface area contributed by atoms with E-state index in [0.29, 0.717) is 11.0 Å². The van der Waals surface area contributed by atoms with Gasteiger partial charge in [-0.2, -0.15) is 0 Å². The molecule has 0 aliphatic carbocycles. The van der Waals surface area contributed by atoms with Crippen molar-refractivity contribution >= 4 is 38.3 Å². The molecule has 0 saturated carbocycles. The predicted octanol–water partition coefficient (Wildman–Crippen LogP) is 2.48. The normalized spacial score (nSPS) is 15.5. The molecule has 1 saturated heterocycles. The molecule has 1 aromatic heterocycles. The number of imidazole rings is 1. The molecule has 4 rings (SSSR count). The monoisotopic (exact) mass is 394 g/mol. The van der Waals surface area contributed by atoms with Crippen molar-refractivity contribution < 1.29 is 12.8 Å². The number of aromatic nitrogens is 2. The summed E-state index contributed by atoms with van der Waals surface area (Å²) in [5, 5.41) is 3.25. The molecule has 2 heterocycles. The third kappa shape index (κ3) is 2.84. The van der Waals surface area contributed by atoms with Crippen LogP contribution in [0.1, 0.15) is 0 Å². The second kappa shape index (κ2) is 6.53. The zero-order valence-electron chi connectivity index (χ0n) is 13.7. The van der Waals surface area contributed by atoms with Gasteiger partial charge in [0, 0.05) is 26.2 Å². The van der Waals surface area contributed by atoms with Crippen molar-refractivity contribution in [3.05, 3.63) is 53.6 Å². The van der Waals surface area contributed by atoms with Crippen LogP contribution < -0.4 is 10.2 Å². The zero-order valence-corrected chi connectivity index (χ0v) is 15.3. The van der Waals surface area contributed by atoms with Crippen molar-refractivity contribution in [2.24, 2.45) is 0 Å². The molecule has 0 unspecified atom stereocenters. The lowest BCUT2D eigenvalue weighted by atomic mass is 10.2. The van der Waals surface area contributed by atoms with E-state index >= 15 is 0 Å². The average Bonchev–Trinajstić information content (AvgIpc) is 3.09. The number of piperazine rings is 1. The first kappa shape index (κ1) is 17.3. The standard InChI is InChI=1S/C17H16ClFN4O2S/c18-13-5-4-12(19)10-16(13)26(24,25)23-11-21-17-14(2-1-3-15(17)23)22-8-6-20-7-9-22/h1-5,10-11,20H,6-9H2. The molecule has 136 valence electrons. The lowest BCUT2D eigenvalue weighted by molar-refractivity contribution is 0.584. The van der Waals surface area contributed by atoms with Crippen LogP contribution in [0, 0.1) is 5.82 Å². The largest absolute Gasteiger partial charge is 0.367 e. The summed E-state index contributed by atoms with van der Waals surface area (Å²) in [4.78, 5) is 6.20. The summed E-state index contributed by atoms with van der Waals surface area (Å²) in [5.41, 5.74) is 1.90. The molecule has 0 amide bonds. The smallest absolute Gasteiger partial charge is 0.271 e. The van der Waals surface area contributed by atoms with Gasteiger partial charge >= 0.3 is 0 Å². The van der Waals surface area contributed by atoms with Crippen LogP contribution in [0.5, 0.6) is 0 Å². The third-order valence-corrected chi connectivity index (χ3v) is 6.55. The van der Waals surface area contributed by atoms with E-state index in [4.69, 9.17) is 11.6 Å². The summed E-state index contributed by atoms with van der Waals surface area (Å²) in [6.45, 7) is 3.34. The maximum absolute atomic E-state index is 13.6. The Kier molecular flexibility index (Phi) is 4.34. The Morgan fingerprint density at radius 1 is 1.15 bits per heavy atom. The number of nitrogens with zero attached hydrogens (tertiary/aromatic N) is 3. The van der Waals surface area contributed by atoms with Gasteiger partial charge in [0.15, 0.2) is 0 Å². The van der Waals surface area contributed by atoms with Crippen molar-refractivity contribution in [3.8, 4) is 0 Å². The number of fused-ring (bicyclic) bond motifs is 1. The van der Waals surface area contributed by atoms with Crippen molar-refractivity contribution in [3.63, 3.8) is 0 Å². The minimum Gasteiger partial charge on any atom is -0.367 e. The van der Waals surface area contributed by atoms with Gasteiger partial charge in [0.25, 0.3) is 10.0 Å². The Labute approximate surface area is 155 Å². The maximum atomic E-state index is 13.6. The molecule has 26 heavy (non-hydrogen) atoms. The van der Waals surface area contributed by atoms with Gasteiger partial charge in [0.05, 0.1) is 16.2 Å². The van der Waals surface area contributed by atoms with E-state index in [1.54, 1.807) is 12.1 Å². The van der Waals surface area contributed by atoms with Crippen LogP contribution in [-0.4, -0.2) is 43.6 Å². The van der Waals surface area contributed by atoms with E-state index in [1.165, 1.54) is 12.4 Å². The molecule has 1 aliphatic heterocycles. The lowest BCUT2D eigenvalue weighted by Crippen LogP contribution is -2.43. The molecule has 1 fully saturated rings. The van der Waals surface area contributed by atoms with Gasteiger partial charge in [-0.15, -0.1) is 0 Å². The van der Waals surface area contributed by atoms with Crippen LogP contribution in [0.2, 0.25) is 5.02 Å². The molecule has 0 bridgehead atoms. The first-order valence-corrected chi connectivity index (χ1v) is 9.92. The van der Waals surface area contributed by atoms with Gasteiger partial charge in [-0.05, 0) is 30.3 Å². The summed E-state index contributed by atoms with van der Waals surface area (Å²) in [7, 11) is -4.07. The second-order valence-electron chi connectivity index (χ2n) is 6.00. The Bertz CT molecular complexity index is 1080. The molecule has 2 aromatic carbocycles.